The van der Waals surface area contributed by atoms with E-state index in [1.54, 1.807) is 12.5 Å². The molecule has 0 amide bonds. The average molecular weight is 265 g/mol. The van der Waals surface area contributed by atoms with Gasteiger partial charge in [0.1, 0.15) is 11.6 Å². The number of nitrogens with zero attached hydrogens (tertiary/aromatic N) is 2. The van der Waals surface area contributed by atoms with E-state index < -0.39 is 0 Å². The lowest BCUT2D eigenvalue weighted by Gasteiger charge is -2.06. The van der Waals surface area contributed by atoms with Crippen molar-refractivity contribution in [1.82, 2.24) is 4.98 Å². The summed E-state index contributed by atoms with van der Waals surface area (Å²) in [7, 11) is 0. The lowest BCUT2D eigenvalue weighted by Crippen LogP contribution is -1.95. The second kappa shape index (κ2) is 5.17. The second-order valence-electron chi connectivity index (χ2n) is 4.73. The van der Waals surface area contributed by atoms with Gasteiger partial charge < -0.3 is 4.42 Å². The van der Waals surface area contributed by atoms with Crippen LogP contribution in [0.1, 0.15) is 16.9 Å². The van der Waals surface area contributed by atoms with Gasteiger partial charge in [0.05, 0.1) is 18.0 Å². The molecule has 0 aliphatic carbocycles. The van der Waals surface area contributed by atoms with Crippen molar-refractivity contribution in [2.24, 2.45) is 5.10 Å². The number of anilines is 1. The van der Waals surface area contributed by atoms with Gasteiger partial charge in [0.15, 0.2) is 0 Å². The van der Waals surface area contributed by atoms with E-state index in [-0.39, 0.29) is 0 Å². The molecule has 3 rings (SSSR count). The molecule has 0 saturated heterocycles. The summed E-state index contributed by atoms with van der Waals surface area (Å²) in [6.07, 6.45) is 3.23. The van der Waals surface area contributed by atoms with Crippen molar-refractivity contribution in [3.8, 4) is 0 Å². The van der Waals surface area contributed by atoms with Gasteiger partial charge in [0.2, 0.25) is 0 Å². The number of hydrazone groups is 1. The van der Waals surface area contributed by atoms with Crippen LogP contribution < -0.4 is 5.43 Å². The molecule has 0 spiro atoms. The molecule has 0 saturated carbocycles. The number of hydrogen-bond acceptors (Lipinski definition) is 4. The lowest BCUT2D eigenvalue weighted by atomic mass is 10.1. The SMILES string of the molecule is Cc1ccc2nc(N/N=C\c3ccco3)cc(C)c2c1. The highest BCUT2D eigenvalue weighted by molar-refractivity contribution is 5.84. The lowest BCUT2D eigenvalue weighted by molar-refractivity contribution is 0.560. The van der Waals surface area contributed by atoms with Gasteiger partial charge in [-0.3, -0.25) is 5.43 Å². The van der Waals surface area contributed by atoms with Crippen molar-refractivity contribution in [2.75, 3.05) is 5.43 Å². The number of nitrogens with one attached hydrogen (secondary N) is 1. The van der Waals surface area contributed by atoms with Crippen LogP contribution in [0.4, 0.5) is 5.82 Å². The average Bonchev–Trinajstić information content (AvgIpc) is 2.93. The molecule has 0 fully saturated rings. The Kier molecular flexibility index (Phi) is 3.21. The molecule has 0 bridgehead atoms. The molecule has 0 unspecified atom stereocenters. The molecule has 20 heavy (non-hydrogen) atoms. The molecule has 1 N–H and O–H groups in total. The van der Waals surface area contributed by atoms with Gasteiger partial charge in [-0.1, -0.05) is 11.6 Å². The predicted octanol–water partition coefficient (Wildman–Crippen LogP) is 3.89. The van der Waals surface area contributed by atoms with Crippen LogP contribution in [0.3, 0.4) is 0 Å². The highest BCUT2D eigenvalue weighted by Crippen LogP contribution is 2.21. The largest absolute Gasteiger partial charge is 0.463 e. The second-order valence-corrected chi connectivity index (χ2v) is 4.73. The third-order valence-electron chi connectivity index (χ3n) is 3.09. The van der Waals surface area contributed by atoms with Gasteiger partial charge >= 0.3 is 0 Å². The Labute approximate surface area is 117 Å². The Bertz CT molecular complexity index is 761. The van der Waals surface area contributed by atoms with Gasteiger partial charge in [-0.15, -0.1) is 0 Å². The summed E-state index contributed by atoms with van der Waals surface area (Å²) in [6, 6.07) is 11.9. The molecule has 4 nitrogen and oxygen atoms in total. The maximum atomic E-state index is 5.17. The third kappa shape index (κ3) is 2.54. The van der Waals surface area contributed by atoms with E-state index in [0.29, 0.717) is 5.76 Å². The van der Waals surface area contributed by atoms with Gasteiger partial charge in [0.25, 0.3) is 0 Å². The zero-order valence-electron chi connectivity index (χ0n) is 11.4. The van der Waals surface area contributed by atoms with Crippen LogP contribution in [0.15, 0.2) is 52.2 Å². The first-order valence-corrected chi connectivity index (χ1v) is 6.43. The first kappa shape index (κ1) is 12.4. The zero-order chi connectivity index (χ0) is 13.9. The molecular formula is C16H15N3O. The number of hydrogen-bond donors (Lipinski definition) is 1. The molecule has 0 radical (unpaired) electrons. The molecule has 2 aromatic heterocycles. The van der Waals surface area contributed by atoms with Crippen LogP contribution in [0.2, 0.25) is 0 Å². The van der Waals surface area contributed by atoms with Crippen LogP contribution in [0, 0.1) is 13.8 Å². The van der Waals surface area contributed by atoms with Crippen molar-refractivity contribution in [1.29, 1.82) is 0 Å². The van der Waals surface area contributed by atoms with Crippen molar-refractivity contribution >= 4 is 22.9 Å². The Hall–Kier alpha value is -2.62. The van der Waals surface area contributed by atoms with Crippen molar-refractivity contribution in [3.63, 3.8) is 0 Å². The smallest absolute Gasteiger partial charge is 0.147 e. The number of aryl methyl sites for hydroxylation is 2. The van der Waals surface area contributed by atoms with Crippen LogP contribution >= 0.6 is 0 Å². The van der Waals surface area contributed by atoms with Crippen molar-refractivity contribution in [2.45, 2.75) is 13.8 Å². The van der Waals surface area contributed by atoms with E-state index >= 15 is 0 Å². The topological polar surface area (TPSA) is 50.4 Å². The van der Waals surface area contributed by atoms with E-state index in [0.717, 1.165) is 11.3 Å². The molecule has 0 aliphatic heterocycles. The summed E-state index contributed by atoms with van der Waals surface area (Å²) in [6.45, 7) is 4.16. The van der Waals surface area contributed by atoms with Crippen LogP contribution in [0.5, 0.6) is 0 Å². The van der Waals surface area contributed by atoms with Crippen molar-refractivity contribution < 1.29 is 4.42 Å². The van der Waals surface area contributed by atoms with Crippen LogP contribution in [0.25, 0.3) is 10.9 Å². The number of aromatic nitrogens is 1. The van der Waals surface area contributed by atoms with E-state index in [4.69, 9.17) is 4.42 Å². The summed E-state index contributed by atoms with van der Waals surface area (Å²) in [5.41, 5.74) is 6.30. The molecule has 100 valence electrons. The fourth-order valence-electron chi connectivity index (χ4n) is 2.09. The first-order valence-electron chi connectivity index (χ1n) is 6.43. The highest BCUT2D eigenvalue weighted by atomic mass is 16.3. The number of furan rings is 1. The molecule has 0 aliphatic rings. The molecule has 3 aromatic rings. The van der Waals surface area contributed by atoms with Crippen LogP contribution in [-0.4, -0.2) is 11.2 Å². The Balaban J connectivity index is 1.87. The standard InChI is InChI=1S/C16H15N3O/c1-11-5-6-15-14(8-11)12(2)9-16(18-15)19-17-10-13-4-3-7-20-13/h3-10H,1-2H3,(H,18,19)/b17-10-. The minimum atomic E-state index is 0.700. The van der Waals surface area contributed by atoms with E-state index in [1.165, 1.54) is 16.5 Å². The number of benzene rings is 1. The van der Waals surface area contributed by atoms with Gasteiger partial charge in [-0.2, -0.15) is 5.10 Å². The van der Waals surface area contributed by atoms with Gasteiger partial charge in [-0.05, 0) is 49.7 Å². The first-order chi connectivity index (χ1) is 9.72. The summed E-state index contributed by atoms with van der Waals surface area (Å²) in [5.74, 6) is 1.42. The molecule has 4 heteroatoms. The number of fused-ring (bicyclic) bond motifs is 1. The Morgan fingerprint density at radius 1 is 1.20 bits per heavy atom. The maximum absolute atomic E-state index is 5.17. The quantitative estimate of drug-likeness (QED) is 0.577. The number of pyridine rings is 1. The van der Waals surface area contributed by atoms with Crippen LogP contribution in [-0.2, 0) is 0 Å². The highest BCUT2D eigenvalue weighted by Gasteiger charge is 2.02. The molecule has 0 atom stereocenters. The maximum Gasteiger partial charge on any atom is 0.147 e. The van der Waals surface area contributed by atoms with Gasteiger partial charge in [-0.25, -0.2) is 4.98 Å². The zero-order valence-corrected chi connectivity index (χ0v) is 11.4. The minimum absolute atomic E-state index is 0.700. The Morgan fingerprint density at radius 3 is 2.90 bits per heavy atom. The predicted molar refractivity (Wildman–Crippen MR) is 81.1 cm³/mol. The third-order valence-corrected chi connectivity index (χ3v) is 3.09. The summed E-state index contributed by atoms with van der Waals surface area (Å²) in [5, 5.41) is 5.29. The fraction of sp³-hybridized carbons (Fsp3) is 0.125. The van der Waals surface area contributed by atoms with E-state index in [1.807, 2.05) is 24.3 Å². The summed E-state index contributed by atoms with van der Waals surface area (Å²) < 4.78 is 5.17. The molecule has 2 heterocycles. The molecule has 1 aromatic carbocycles. The van der Waals surface area contributed by atoms with Crippen molar-refractivity contribution in [3.05, 3.63) is 59.5 Å². The van der Waals surface area contributed by atoms with E-state index in [9.17, 15) is 0 Å². The molecular weight excluding hydrogens is 250 g/mol. The number of rotatable bonds is 3. The normalized spacial score (nSPS) is 11.3. The van der Waals surface area contributed by atoms with E-state index in [2.05, 4.69) is 41.5 Å². The Morgan fingerprint density at radius 2 is 2.10 bits per heavy atom. The monoisotopic (exact) mass is 265 g/mol. The fourth-order valence-corrected chi connectivity index (χ4v) is 2.09. The summed E-state index contributed by atoms with van der Waals surface area (Å²) in [4.78, 5) is 4.54. The minimum Gasteiger partial charge on any atom is -0.463 e. The van der Waals surface area contributed by atoms with Gasteiger partial charge in [0, 0.05) is 5.39 Å². The summed E-state index contributed by atoms with van der Waals surface area (Å²) >= 11 is 0.